The molecule has 0 radical (unpaired) electrons. The average Bonchev–Trinajstić information content (AvgIpc) is 3.27. The highest BCUT2D eigenvalue weighted by atomic mass is 32.2. The largest absolute Gasteiger partial charge is 0.502 e. The van der Waals surface area contributed by atoms with E-state index in [0.29, 0.717) is 5.57 Å². The molecule has 0 bridgehead atoms. The summed E-state index contributed by atoms with van der Waals surface area (Å²) in [4.78, 5) is 63.1. The Labute approximate surface area is 215 Å². The Morgan fingerprint density at radius 2 is 2.14 bits per heavy atom. The maximum atomic E-state index is 12.9. The third kappa shape index (κ3) is 4.76. The first-order valence-corrected chi connectivity index (χ1v) is 13.0. The van der Waals surface area contributed by atoms with Gasteiger partial charge in [-0.3, -0.25) is 19.3 Å². The van der Waals surface area contributed by atoms with Crippen molar-refractivity contribution in [3.8, 4) is 5.75 Å². The van der Waals surface area contributed by atoms with E-state index in [1.807, 2.05) is 0 Å². The van der Waals surface area contributed by atoms with Crippen molar-refractivity contribution in [1.82, 2.24) is 24.8 Å². The molecule has 2 atom stereocenters. The fourth-order valence-electron chi connectivity index (χ4n) is 3.50. The monoisotopic (exact) mass is 553 g/mol. The Morgan fingerprint density at radius 1 is 1.39 bits per heavy atom. The van der Waals surface area contributed by atoms with Gasteiger partial charge >= 0.3 is 11.5 Å². The minimum Gasteiger partial charge on any atom is -0.502 e. The highest BCUT2D eigenvalue weighted by molar-refractivity contribution is 8.01. The van der Waals surface area contributed by atoms with E-state index in [0.717, 1.165) is 28.0 Å². The van der Waals surface area contributed by atoms with Crippen LogP contribution in [0.4, 0.5) is 5.13 Å². The number of nitrogens with zero attached hydrogens (tertiary/aromatic N) is 5. The smallest absolute Gasteiger partial charge is 0.352 e. The van der Waals surface area contributed by atoms with Crippen LogP contribution in [0.5, 0.6) is 5.75 Å². The number of hydrogen-bond acceptors (Lipinski definition) is 13. The number of carbonyl (C=O) groups excluding carboxylic acids is 2. The van der Waals surface area contributed by atoms with Crippen LogP contribution in [0.15, 0.2) is 38.0 Å². The van der Waals surface area contributed by atoms with Crippen LogP contribution < -0.4 is 16.6 Å². The molecule has 2 aromatic heterocycles. The molecule has 2 aliphatic heterocycles. The van der Waals surface area contributed by atoms with Crippen LogP contribution in [0, 0.1) is 0 Å². The Bertz CT molecular complexity index is 1370. The number of carboxylic acid groups (broad SMARTS) is 1. The van der Waals surface area contributed by atoms with Crippen LogP contribution in [0.25, 0.3) is 0 Å². The summed E-state index contributed by atoms with van der Waals surface area (Å²) in [5.41, 5.74) is 5.11. The number of aliphatic carboxylic acids is 1. The van der Waals surface area contributed by atoms with Gasteiger partial charge < -0.3 is 30.7 Å². The van der Waals surface area contributed by atoms with Crippen LogP contribution in [0.2, 0.25) is 0 Å². The molecule has 2 aromatic rings. The minimum absolute atomic E-state index is 0.142. The number of β-lactam (4-membered cyclic amide) rings is 1. The molecule has 2 amide bonds. The second kappa shape index (κ2) is 10.2. The zero-order valence-corrected chi connectivity index (χ0v) is 21.1. The van der Waals surface area contributed by atoms with Gasteiger partial charge in [-0.15, -0.1) is 23.1 Å². The molecule has 1 unspecified atom stereocenters. The molecule has 190 valence electrons. The third-order valence-corrected chi connectivity index (χ3v) is 8.25. The lowest BCUT2D eigenvalue weighted by molar-refractivity contribution is -0.150. The standard InChI is InChI=1S/C19H19N7O7S3/c1-25-3-9(27)13(28)23-19(25)36-5-7-4-34-16-11(15(30)26(16)12(7)17(31)32)22-14(29)10(24-33-2)8-6-35-18(20)21-8/h3,6,11,16,27H,4-5H2,1-2H3,(H2,20,21)(H,22,29)(H,31,32)/t11?,16-/m0/s1. The highest BCUT2D eigenvalue weighted by Gasteiger charge is 2.54. The first-order chi connectivity index (χ1) is 17.1. The quantitative estimate of drug-likeness (QED) is 0.106. The molecular weight excluding hydrogens is 534 g/mol. The number of hydrogen-bond donors (Lipinski definition) is 4. The number of nitrogens with two attached hydrogens (primary N) is 1. The fourth-order valence-corrected chi connectivity index (χ4v) is 6.47. The Balaban J connectivity index is 1.51. The molecule has 4 rings (SSSR count). The minimum atomic E-state index is -1.29. The molecule has 0 saturated carbocycles. The number of aromatic nitrogens is 3. The number of fused-ring (bicyclic) bond motifs is 1. The van der Waals surface area contributed by atoms with Crippen LogP contribution >= 0.6 is 34.9 Å². The van der Waals surface area contributed by atoms with Crippen molar-refractivity contribution < 1.29 is 29.4 Å². The number of nitrogens with one attached hydrogen (secondary N) is 1. The lowest BCUT2D eigenvalue weighted by Crippen LogP contribution is -2.71. The van der Waals surface area contributed by atoms with Gasteiger partial charge in [-0.05, 0) is 5.57 Å². The van der Waals surface area contributed by atoms with E-state index in [1.165, 1.54) is 35.0 Å². The molecule has 0 aliphatic carbocycles. The lowest BCUT2D eigenvalue weighted by Gasteiger charge is -2.49. The molecule has 2 aliphatic rings. The second-order valence-corrected chi connectivity index (χ2v) is 10.4. The number of rotatable bonds is 8. The predicted molar refractivity (Wildman–Crippen MR) is 132 cm³/mol. The van der Waals surface area contributed by atoms with Gasteiger partial charge in [0.05, 0.1) is 6.20 Å². The van der Waals surface area contributed by atoms with Gasteiger partial charge in [0.25, 0.3) is 11.8 Å². The topological polar surface area (TPSA) is 202 Å². The van der Waals surface area contributed by atoms with Crippen molar-refractivity contribution in [3.63, 3.8) is 0 Å². The summed E-state index contributed by atoms with van der Waals surface area (Å²) in [6.45, 7) is 0. The molecule has 36 heavy (non-hydrogen) atoms. The summed E-state index contributed by atoms with van der Waals surface area (Å²) in [6.07, 6.45) is 1.21. The van der Waals surface area contributed by atoms with Gasteiger partial charge in [0.15, 0.2) is 21.7 Å². The first kappa shape index (κ1) is 25.5. The van der Waals surface area contributed by atoms with Gasteiger partial charge in [0, 0.05) is 23.9 Å². The molecule has 14 nitrogen and oxygen atoms in total. The maximum absolute atomic E-state index is 12.9. The number of aryl methyl sites for hydroxylation is 1. The molecular formula is C19H19N7O7S3. The van der Waals surface area contributed by atoms with E-state index >= 15 is 0 Å². The van der Waals surface area contributed by atoms with Crippen LogP contribution in [-0.2, 0) is 26.3 Å². The molecule has 1 fully saturated rings. The Hall–Kier alpha value is -3.57. The van der Waals surface area contributed by atoms with E-state index in [-0.39, 0.29) is 38.9 Å². The molecule has 0 aromatic carbocycles. The van der Waals surface area contributed by atoms with Crippen molar-refractivity contribution in [2.24, 2.45) is 12.2 Å². The van der Waals surface area contributed by atoms with Crippen molar-refractivity contribution in [3.05, 3.63) is 38.9 Å². The van der Waals surface area contributed by atoms with Crippen molar-refractivity contribution in [2.75, 3.05) is 24.3 Å². The van der Waals surface area contributed by atoms with E-state index in [9.17, 15) is 29.4 Å². The SMILES string of the molecule is CON=C(C(=O)NC1C(=O)N2C(C(=O)O)=C(CSc3nc(=O)c(O)cn3C)CS[C@@H]12)c1csc(N)n1. The van der Waals surface area contributed by atoms with Gasteiger partial charge in [-0.1, -0.05) is 16.9 Å². The normalized spacial score (nSPS) is 19.6. The average molecular weight is 554 g/mol. The number of carbonyl (C=O) groups is 3. The molecule has 5 N–H and O–H groups in total. The van der Waals surface area contributed by atoms with E-state index in [4.69, 9.17) is 10.6 Å². The Morgan fingerprint density at radius 3 is 2.78 bits per heavy atom. The number of oxime groups is 1. The summed E-state index contributed by atoms with van der Waals surface area (Å²) in [6, 6.07) is -0.983. The van der Waals surface area contributed by atoms with Crippen LogP contribution in [-0.4, -0.2) is 83.2 Å². The summed E-state index contributed by atoms with van der Waals surface area (Å²) < 4.78 is 1.44. The maximum Gasteiger partial charge on any atom is 0.352 e. The van der Waals surface area contributed by atoms with Crippen molar-refractivity contribution in [2.45, 2.75) is 16.6 Å². The van der Waals surface area contributed by atoms with Gasteiger partial charge in [-0.25, -0.2) is 9.78 Å². The van der Waals surface area contributed by atoms with Gasteiger partial charge in [0.1, 0.15) is 29.9 Å². The fraction of sp³-hybridized carbons (Fsp3) is 0.316. The number of thioether (sulfide) groups is 2. The summed E-state index contributed by atoms with van der Waals surface area (Å²) in [5.74, 6) is -2.69. The number of thiazole rings is 1. The number of nitrogen functional groups attached to an aromatic ring is 1. The van der Waals surface area contributed by atoms with Gasteiger partial charge in [-0.2, -0.15) is 4.98 Å². The van der Waals surface area contributed by atoms with Crippen molar-refractivity contribution in [1.29, 1.82) is 0 Å². The van der Waals surface area contributed by atoms with Crippen molar-refractivity contribution >= 4 is 63.5 Å². The summed E-state index contributed by atoms with van der Waals surface area (Å²) in [7, 11) is 2.84. The molecule has 4 heterocycles. The summed E-state index contributed by atoms with van der Waals surface area (Å²) in [5, 5.41) is 27.0. The first-order valence-electron chi connectivity index (χ1n) is 10.0. The lowest BCUT2D eigenvalue weighted by atomic mass is 10.0. The molecule has 0 spiro atoms. The number of aromatic hydroxyl groups is 1. The summed E-state index contributed by atoms with van der Waals surface area (Å²) >= 11 is 3.49. The second-order valence-electron chi connectivity index (χ2n) is 7.43. The number of amides is 2. The van der Waals surface area contributed by atoms with E-state index in [1.54, 1.807) is 7.05 Å². The number of anilines is 1. The zero-order valence-electron chi connectivity index (χ0n) is 18.7. The number of carboxylic acids is 1. The third-order valence-electron chi connectivity index (χ3n) is 5.11. The zero-order chi connectivity index (χ0) is 26.1. The predicted octanol–water partition coefficient (Wildman–Crippen LogP) is -0.594. The van der Waals surface area contributed by atoms with E-state index < -0.39 is 40.5 Å². The van der Waals surface area contributed by atoms with Crippen LogP contribution in [0.1, 0.15) is 5.69 Å². The van der Waals surface area contributed by atoms with Gasteiger partial charge in [0.2, 0.25) is 0 Å². The van der Waals surface area contributed by atoms with Crippen LogP contribution in [0.3, 0.4) is 0 Å². The van der Waals surface area contributed by atoms with E-state index in [2.05, 4.69) is 20.4 Å². The highest BCUT2D eigenvalue weighted by Crippen LogP contribution is 2.41. The molecule has 1 saturated heterocycles. The Kier molecular flexibility index (Phi) is 7.23. The molecule has 17 heteroatoms.